The Bertz CT molecular complexity index is 172. The van der Waals surface area contributed by atoms with Crippen molar-refractivity contribution in [3.8, 4) is 0 Å². The third-order valence-electron chi connectivity index (χ3n) is 3.15. The fourth-order valence-electron chi connectivity index (χ4n) is 2.66. The fraction of sp³-hybridized carbons (Fsp3) is 1.00. The van der Waals surface area contributed by atoms with E-state index in [0.717, 1.165) is 6.42 Å². The number of aliphatic hydroxyl groups is 1. The van der Waals surface area contributed by atoms with Crippen molar-refractivity contribution in [2.45, 2.75) is 61.0 Å². The van der Waals surface area contributed by atoms with E-state index < -0.39 is 0 Å². The minimum atomic E-state index is 0.111. The second-order valence-corrected chi connectivity index (χ2v) is 6.93. The Morgan fingerprint density at radius 2 is 1.44 bits per heavy atom. The van der Waals surface area contributed by atoms with Gasteiger partial charge in [0, 0.05) is 0 Å². The molecule has 1 N–H and O–H groups in total. The van der Waals surface area contributed by atoms with Gasteiger partial charge >= 0.3 is 0 Å². The van der Waals surface area contributed by atoms with Crippen LogP contribution in [0.4, 0.5) is 0 Å². The summed E-state index contributed by atoms with van der Waals surface area (Å²) < 4.78 is 5.56. The SMILES string of the molecule is CC(CC(C(C)(C)C)C(C)(C)C)OCCO. The van der Waals surface area contributed by atoms with Gasteiger partial charge in [-0.25, -0.2) is 0 Å². The van der Waals surface area contributed by atoms with E-state index in [1.54, 1.807) is 0 Å². The molecule has 0 saturated carbocycles. The number of hydrogen-bond acceptors (Lipinski definition) is 2. The molecule has 0 aromatic heterocycles. The highest BCUT2D eigenvalue weighted by molar-refractivity contribution is 4.85. The van der Waals surface area contributed by atoms with Crippen LogP contribution in [0.3, 0.4) is 0 Å². The van der Waals surface area contributed by atoms with Gasteiger partial charge in [-0.1, -0.05) is 41.5 Å². The van der Waals surface area contributed by atoms with Gasteiger partial charge in [-0.05, 0) is 30.1 Å². The van der Waals surface area contributed by atoms with Crippen LogP contribution in [0.25, 0.3) is 0 Å². The van der Waals surface area contributed by atoms with E-state index in [9.17, 15) is 0 Å². The van der Waals surface area contributed by atoms with Gasteiger partial charge in [0.2, 0.25) is 0 Å². The van der Waals surface area contributed by atoms with E-state index in [4.69, 9.17) is 9.84 Å². The lowest BCUT2D eigenvalue weighted by Crippen LogP contribution is -2.35. The van der Waals surface area contributed by atoms with Crippen molar-refractivity contribution >= 4 is 0 Å². The second-order valence-electron chi connectivity index (χ2n) is 6.93. The molecule has 0 radical (unpaired) electrons. The molecule has 16 heavy (non-hydrogen) atoms. The molecule has 0 heterocycles. The summed E-state index contributed by atoms with van der Waals surface area (Å²) in [5, 5.41) is 8.74. The highest BCUT2D eigenvalue weighted by Gasteiger charge is 2.35. The quantitative estimate of drug-likeness (QED) is 0.783. The van der Waals surface area contributed by atoms with Crippen molar-refractivity contribution < 1.29 is 9.84 Å². The molecule has 0 amide bonds. The summed E-state index contributed by atoms with van der Waals surface area (Å²) in [5.41, 5.74) is 0.574. The zero-order valence-electron chi connectivity index (χ0n) is 12.1. The molecular formula is C14H30O2. The minimum absolute atomic E-state index is 0.111. The molecule has 0 aromatic rings. The monoisotopic (exact) mass is 230 g/mol. The summed E-state index contributed by atoms with van der Waals surface area (Å²) in [7, 11) is 0. The first-order chi connectivity index (χ1) is 7.09. The number of rotatable bonds is 5. The average molecular weight is 230 g/mol. The predicted octanol–water partition coefficient (Wildman–Crippen LogP) is 3.48. The van der Waals surface area contributed by atoms with Crippen molar-refractivity contribution in [3.05, 3.63) is 0 Å². The standard InChI is InChI=1S/C14H30O2/c1-11(16-9-8-15)10-12(13(2,3)4)14(5,6)7/h11-12,15H,8-10H2,1-7H3. The zero-order valence-corrected chi connectivity index (χ0v) is 12.1. The summed E-state index contributed by atoms with van der Waals surface area (Å²) in [6, 6.07) is 0. The van der Waals surface area contributed by atoms with Crippen molar-refractivity contribution in [2.24, 2.45) is 16.7 Å². The van der Waals surface area contributed by atoms with Crippen molar-refractivity contribution in [1.82, 2.24) is 0 Å². The molecule has 2 nitrogen and oxygen atoms in total. The minimum Gasteiger partial charge on any atom is -0.394 e. The Balaban J connectivity index is 4.45. The highest BCUT2D eigenvalue weighted by Crippen LogP contribution is 2.42. The molecule has 0 fully saturated rings. The maximum absolute atomic E-state index is 8.74. The Hall–Kier alpha value is -0.0800. The summed E-state index contributed by atoms with van der Waals surface area (Å²) >= 11 is 0. The molecule has 0 aromatic carbocycles. The Morgan fingerprint density at radius 3 is 1.75 bits per heavy atom. The largest absolute Gasteiger partial charge is 0.394 e. The third kappa shape index (κ3) is 5.86. The van der Waals surface area contributed by atoms with E-state index in [2.05, 4.69) is 48.5 Å². The smallest absolute Gasteiger partial charge is 0.0701 e. The van der Waals surface area contributed by atoms with Crippen LogP contribution in [0, 0.1) is 16.7 Å². The van der Waals surface area contributed by atoms with Crippen LogP contribution in [-0.2, 0) is 4.74 Å². The molecule has 1 atom stereocenters. The average Bonchev–Trinajstić information content (AvgIpc) is 2.07. The van der Waals surface area contributed by atoms with Gasteiger partial charge in [0.05, 0.1) is 19.3 Å². The molecule has 0 aliphatic heterocycles. The van der Waals surface area contributed by atoms with E-state index in [-0.39, 0.29) is 23.5 Å². The van der Waals surface area contributed by atoms with Gasteiger partial charge in [-0.3, -0.25) is 0 Å². The zero-order chi connectivity index (χ0) is 13.0. The summed E-state index contributed by atoms with van der Waals surface area (Å²) in [6.07, 6.45) is 1.27. The van der Waals surface area contributed by atoms with Crippen molar-refractivity contribution in [2.75, 3.05) is 13.2 Å². The number of aliphatic hydroxyl groups excluding tert-OH is 1. The Morgan fingerprint density at radius 1 is 1.00 bits per heavy atom. The molecule has 0 saturated heterocycles. The topological polar surface area (TPSA) is 29.5 Å². The highest BCUT2D eigenvalue weighted by atomic mass is 16.5. The molecule has 0 spiro atoms. The van der Waals surface area contributed by atoms with Crippen LogP contribution in [0.1, 0.15) is 54.9 Å². The normalized spacial score (nSPS) is 15.6. The van der Waals surface area contributed by atoms with Crippen molar-refractivity contribution in [1.29, 1.82) is 0 Å². The predicted molar refractivity (Wildman–Crippen MR) is 69.5 cm³/mol. The first-order valence-electron chi connectivity index (χ1n) is 6.31. The van der Waals surface area contributed by atoms with E-state index in [1.807, 2.05) is 0 Å². The molecule has 2 heteroatoms. The van der Waals surface area contributed by atoms with Gasteiger partial charge in [0.1, 0.15) is 0 Å². The number of hydrogen-bond donors (Lipinski definition) is 1. The summed E-state index contributed by atoms with van der Waals surface area (Å²) in [6.45, 7) is 16.4. The molecule has 0 bridgehead atoms. The molecule has 0 rings (SSSR count). The summed E-state index contributed by atoms with van der Waals surface area (Å²) in [4.78, 5) is 0. The maximum atomic E-state index is 8.74. The van der Waals surface area contributed by atoms with Crippen LogP contribution in [0.15, 0.2) is 0 Å². The van der Waals surface area contributed by atoms with Crippen molar-refractivity contribution in [3.63, 3.8) is 0 Å². The lowest BCUT2D eigenvalue weighted by Gasteiger charge is -2.42. The summed E-state index contributed by atoms with van der Waals surface area (Å²) in [5.74, 6) is 0.605. The van der Waals surface area contributed by atoms with E-state index in [0.29, 0.717) is 12.5 Å². The molecule has 0 aliphatic rings. The second kappa shape index (κ2) is 6.02. The maximum Gasteiger partial charge on any atom is 0.0701 e. The van der Waals surface area contributed by atoms with Crippen LogP contribution in [0.5, 0.6) is 0 Å². The van der Waals surface area contributed by atoms with Gasteiger partial charge in [-0.15, -0.1) is 0 Å². The molecule has 0 aliphatic carbocycles. The molecule has 1 unspecified atom stereocenters. The first-order valence-corrected chi connectivity index (χ1v) is 6.31. The van der Waals surface area contributed by atoms with Gasteiger partial charge < -0.3 is 9.84 Å². The van der Waals surface area contributed by atoms with E-state index in [1.165, 1.54) is 0 Å². The Labute approximate surface area is 101 Å². The van der Waals surface area contributed by atoms with Gasteiger partial charge in [0.25, 0.3) is 0 Å². The van der Waals surface area contributed by atoms with Gasteiger partial charge in [-0.2, -0.15) is 0 Å². The molecule has 98 valence electrons. The van der Waals surface area contributed by atoms with Crippen LogP contribution < -0.4 is 0 Å². The third-order valence-corrected chi connectivity index (χ3v) is 3.15. The van der Waals surface area contributed by atoms with Gasteiger partial charge in [0.15, 0.2) is 0 Å². The first kappa shape index (κ1) is 15.9. The lowest BCUT2D eigenvalue weighted by molar-refractivity contribution is -0.0108. The lowest BCUT2D eigenvalue weighted by atomic mass is 9.64. The van der Waals surface area contributed by atoms with E-state index >= 15 is 0 Å². The fourth-order valence-corrected chi connectivity index (χ4v) is 2.66. The van der Waals surface area contributed by atoms with Crippen LogP contribution in [-0.4, -0.2) is 24.4 Å². The van der Waals surface area contributed by atoms with Crippen LogP contribution >= 0.6 is 0 Å². The Kier molecular flexibility index (Phi) is 5.99. The molecular weight excluding hydrogens is 200 g/mol. The van der Waals surface area contributed by atoms with Crippen LogP contribution in [0.2, 0.25) is 0 Å². The number of ether oxygens (including phenoxy) is 1.